The van der Waals surface area contributed by atoms with Gasteiger partial charge in [0.05, 0.1) is 23.2 Å². The summed E-state index contributed by atoms with van der Waals surface area (Å²) in [6, 6.07) is 16.4. The van der Waals surface area contributed by atoms with Crippen molar-refractivity contribution in [2.45, 2.75) is 36.8 Å². The summed E-state index contributed by atoms with van der Waals surface area (Å²) < 4.78 is 36.8. The second-order valence-corrected chi connectivity index (χ2v) is 9.13. The molecule has 0 heterocycles. The van der Waals surface area contributed by atoms with Gasteiger partial charge in [-0.15, -0.1) is 0 Å². The molecule has 0 aliphatic rings. The zero-order chi connectivity index (χ0) is 21.4. The van der Waals surface area contributed by atoms with Gasteiger partial charge in [0.25, 0.3) is 0 Å². The second-order valence-electron chi connectivity index (χ2n) is 7.02. The van der Waals surface area contributed by atoms with Crippen LogP contribution in [0.25, 0.3) is 0 Å². The third kappa shape index (κ3) is 5.90. The van der Waals surface area contributed by atoms with Crippen LogP contribution >= 0.6 is 0 Å². The van der Waals surface area contributed by atoms with Crippen molar-refractivity contribution in [3.05, 3.63) is 60.7 Å². The van der Waals surface area contributed by atoms with E-state index in [-0.39, 0.29) is 23.7 Å². The Morgan fingerprint density at radius 3 is 2.00 bits per heavy atom. The molecule has 0 aromatic heterocycles. The van der Waals surface area contributed by atoms with Gasteiger partial charge in [-0.25, -0.2) is 8.42 Å². The molecular formula is C22H26O6S. The third-order valence-electron chi connectivity index (χ3n) is 4.64. The van der Waals surface area contributed by atoms with Gasteiger partial charge in [0.2, 0.25) is 0 Å². The third-order valence-corrected chi connectivity index (χ3v) is 7.15. The van der Waals surface area contributed by atoms with Crippen LogP contribution in [0.4, 0.5) is 0 Å². The van der Waals surface area contributed by atoms with E-state index < -0.39 is 32.9 Å². The lowest BCUT2D eigenvalue weighted by atomic mass is 9.92. The first-order valence-corrected chi connectivity index (χ1v) is 10.9. The summed E-state index contributed by atoms with van der Waals surface area (Å²) in [6.45, 7) is 3.48. The van der Waals surface area contributed by atoms with E-state index in [0.717, 1.165) is 0 Å². The average molecular weight is 419 g/mol. The lowest BCUT2D eigenvalue weighted by molar-refractivity contribution is -0.142. The van der Waals surface area contributed by atoms with Gasteiger partial charge in [-0.2, -0.15) is 0 Å². The molecule has 2 rings (SSSR count). The maximum Gasteiger partial charge on any atom is 0.315 e. The standard InChI is InChI=1S/C22H26O6S/c1-16(2)21(29(25,26)18-12-8-5-9-13-18)19(14-15-20(23)27-3)22(24)28-17-10-6-4-7-11-17/h4-13,16,19,21H,14-15H2,1-3H3/t19-,21+/m1/s1. The van der Waals surface area contributed by atoms with Gasteiger partial charge in [-0.05, 0) is 36.6 Å². The Kier molecular flexibility index (Phi) is 7.96. The molecule has 0 spiro atoms. The molecule has 0 aliphatic carbocycles. The summed E-state index contributed by atoms with van der Waals surface area (Å²) in [5.41, 5.74) is 0. The van der Waals surface area contributed by atoms with Crippen LogP contribution < -0.4 is 4.74 Å². The molecule has 7 heteroatoms. The van der Waals surface area contributed by atoms with Crippen LogP contribution in [0, 0.1) is 11.8 Å². The predicted molar refractivity (Wildman–Crippen MR) is 109 cm³/mol. The van der Waals surface area contributed by atoms with Gasteiger partial charge in [0, 0.05) is 6.42 Å². The Morgan fingerprint density at radius 1 is 0.931 bits per heavy atom. The van der Waals surface area contributed by atoms with Crippen LogP contribution in [-0.4, -0.2) is 32.7 Å². The highest BCUT2D eigenvalue weighted by Gasteiger charge is 2.42. The summed E-state index contributed by atoms with van der Waals surface area (Å²) in [4.78, 5) is 24.8. The zero-order valence-electron chi connectivity index (χ0n) is 16.8. The molecule has 0 aliphatic heterocycles. The SMILES string of the molecule is COC(=O)CC[C@@H](C(=O)Oc1ccccc1)[C@H](C(C)C)S(=O)(=O)c1ccccc1. The number of carbonyl (C=O) groups excluding carboxylic acids is 2. The molecule has 29 heavy (non-hydrogen) atoms. The van der Waals surface area contributed by atoms with Crippen molar-refractivity contribution in [3.8, 4) is 5.75 Å². The van der Waals surface area contributed by atoms with Gasteiger partial charge in [0.1, 0.15) is 5.75 Å². The smallest absolute Gasteiger partial charge is 0.315 e. The Morgan fingerprint density at radius 2 is 1.48 bits per heavy atom. The quantitative estimate of drug-likeness (QED) is 0.456. The van der Waals surface area contributed by atoms with Gasteiger partial charge < -0.3 is 9.47 Å². The average Bonchev–Trinajstić information content (AvgIpc) is 2.71. The number of sulfone groups is 1. The van der Waals surface area contributed by atoms with E-state index in [0.29, 0.717) is 5.75 Å². The van der Waals surface area contributed by atoms with Crippen molar-refractivity contribution in [3.63, 3.8) is 0 Å². The van der Waals surface area contributed by atoms with Crippen LogP contribution in [0.15, 0.2) is 65.6 Å². The van der Waals surface area contributed by atoms with Gasteiger partial charge in [0.15, 0.2) is 9.84 Å². The summed E-state index contributed by atoms with van der Waals surface area (Å²) >= 11 is 0. The van der Waals surface area contributed by atoms with E-state index in [1.807, 2.05) is 0 Å². The fraction of sp³-hybridized carbons (Fsp3) is 0.364. The molecule has 2 aromatic carbocycles. The molecule has 6 nitrogen and oxygen atoms in total. The summed E-state index contributed by atoms with van der Waals surface area (Å²) in [7, 11) is -2.59. The number of carbonyl (C=O) groups is 2. The van der Waals surface area contributed by atoms with Gasteiger partial charge >= 0.3 is 11.9 Å². The van der Waals surface area contributed by atoms with E-state index in [1.165, 1.54) is 19.2 Å². The van der Waals surface area contributed by atoms with Crippen LogP contribution in [0.2, 0.25) is 0 Å². The van der Waals surface area contributed by atoms with Crippen molar-refractivity contribution >= 4 is 21.8 Å². The molecule has 0 amide bonds. The van der Waals surface area contributed by atoms with Crippen molar-refractivity contribution in [1.29, 1.82) is 0 Å². The van der Waals surface area contributed by atoms with Gasteiger partial charge in [-0.1, -0.05) is 50.2 Å². The predicted octanol–water partition coefficient (Wildman–Crippen LogP) is 3.66. The normalized spacial score (nSPS) is 13.5. The first kappa shape index (κ1) is 22.6. The van der Waals surface area contributed by atoms with Crippen molar-refractivity contribution < 1.29 is 27.5 Å². The lowest BCUT2D eigenvalue weighted by Gasteiger charge is -2.28. The molecule has 156 valence electrons. The number of esters is 2. The fourth-order valence-electron chi connectivity index (χ4n) is 3.28. The minimum absolute atomic E-state index is 0.00719. The molecule has 0 saturated carbocycles. The highest BCUT2D eigenvalue weighted by molar-refractivity contribution is 7.92. The van der Waals surface area contributed by atoms with Crippen LogP contribution in [0.5, 0.6) is 5.75 Å². The largest absolute Gasteiger partial charge is 0.469 e. The minimum atomic E-state index is -3.84. The number of benzene rings is 2. The van der Waals surface area contributed by atoms with Gasteiger partial charge in [-0.3, -0.25) is 9.59 Å². The highest BCUT2D eigenvalue weighted by Crippen LogP contribution is 2.31. The molecule has 0 N–H and O–H groups in total. The molecule has 0 saturated heterocycles. The Labute approximate surface area is 171 Å². The second kappa shape index (κ2) is 10.2. The monoisotopic (exact) mass is 418 g/mol. The molecule has 0 radical (unpaired) electrons. The van der Waals surface area contributed by atoms with Crippen molar-refractivity contribution in [2.24, 2.45) is 11.8 Å². The molecular weight excluding hydrogens is 392 g/mol. The van der Waals surface area contributed by atoms with E-state index >= 15 is 0 Å². The summed E-state index contributed by atoms with van der Waals surface area (Å²) in [5.74, 6) is -2.29. The first-order chi connectivity index (χ1) is 13.8. The van der Waals surface area contributed by atoms with Crippen LogP contribution in [-0.2, 0) is 24.2 Å². The molecule has 2 atom stereocenters. The minimum Gasteiger partial charge on any atom is -0.469 e. The number of para-hydroxylation sites is 1. The Hall–Kier alpha value is -2.67. The number of hydrogen-bond acceptors (Lipinski definition) is 6. The number of methoxy groups -OCH3 is 1. The lowest BCUT2D eigenvalue weighted by Crippen LogP contribution is -2.41. The fourth-order valence-corrected chi connectivity index (χ4v) is 5.53. The first-order valence-electron chi connectivity index (χ1n) is 9.40. The number of rotatable bonds is 9. The van der Waals surface area contributed by atoms with Crippen molar-refractivity contribution in [1.82, 2.24) is 0 Å². The molecule has 0 fully saturated rings. The number of hydrogen-bond donors (Lipinski definition) is 0. The van der Waals surface area contributed by atoms with Crippen LogP contribution in [0.1, 0.15) is 26.7 Å². The number of ether oxygens (including phenoxy) is 2. The van der Waals surface area contributed by atoms with E-state index in [1.54, 1.807) is 62.4 Å². The topological polar surface area (TPSA) is 86.7 Å². The Balaban J connectivity index is 2.41. The molecule has 0 bridgehead atoms. The maximum absolute atomic E-state index is 13.4. The summed E-state index contributed by atoms with van der Waals surface area (Å²) in [5, 5.41) is -1.05. The van der Waals surface area contributed by atoms with E-state index in [4.69, 9.17) is 4.74 Å². The van der Waals surface area contributed by atoms with E-state index in [2.05, 4.69) is 4.74 Å². The Bertz CT molecular complexity index is 907. The van der Waals surface area contributed by atoms with E-state index in [9.17, 15) is 18.0 Å². The maximum atomic E-state index is 13.4. The molecule has 2 aromatic rings. The molecule has 0 unspecified atom stereocenters. The highest BCUT2D eigenvalue weighted by atomic mass is 32.2. The van der Waals surface area contributed by atoms with Crippen LogP contribution in [0.3, 0.4) is 0 Å². The zero-order valence-corrected chi connectivity index (χ0v) is 17.6. The van der Waals surface area contributed by atoms with Crippen molar-refractivity contribution in [2.75, 3.05) is 7.11 Å². The summed E-state index contributed by atoms with van der Waals surface area (Å²) in [6.07, 6.45) is -0.0775.